The van der Waals surface area contributed by atoms with Crippen molar-refractivity contribution in [2.75, 3.05) is 33.0 Å². The summed E-state index contributed by atoms with van der Waals surface area (Å²) in [5.41, 5.74) is 0.310. The van der Waals surface area contributed by atoms with Gasteiger partial charge in [-0.05, 0) is 104 Å². The van der Waals surface area contributed by atoms with Gasteiger partial charge in [-0.25, -0.2) is 0 Å². The molecule has 6 aliphatic heterocycles. The normalized spacial score (nSPS) is 57.8. The van der Waals surface area contributed by atoms with E-state index in [-0.39, 0.29) is 23.0 Å². The summed E-state index contributed by atoms with van der Waals surface area (Å²) >= 11 is 0. The number of hydrogen-bond acceptors (Lipinski definition) is 22. The Bertz CT molecular complexity index is 1830. The van der Waals surface area contributed by atoms with Crippen molar-refractivity contribution in [2.24, 2.45) is 52.3 Å². The van der Waals surface area contributed by atoms with Crippen LogP contribution in [-0.4, -0.2) is 229 Å². The molecule has 0 unspecified atom stereocenters. The Balaban J connectivity index is 0.779. The van der Waals surface area contributed by atoms with E-state index in [0.29, 0.717) is 47.8 Å². The molecule has 1 spiro atoms. The van der Waals surface area contributed by atoms with E-state index in [2.05, 4.69) is 27.7 Å². The third kappa shape index (κ3) is 9.26. The third-order valence-electron chi connectivity index (χ3n) is 20.0. The molecule has 10 aliphatic rings. The quantitative estimate of drug-likeness (QED) is 0.0971. The first kappa shape index (κ1) is 54.5. The minimum absolute atomic E-state index is 0.102. The lowest BCUT2D eigenvalue weighted by molar-refractivity contribution is -0.396. The summed E-state index contributed by atoms with van der Waals surface area (Å²) in [5.74, 6) is 3.12. The lowest BCUT2D eigenvalue weighted by Crippen LogP contribution is -2.67. The van der Waals surface area contributed by atoms with Crippen LogP contribution < -0.4 is 0 Å². The lowest BCUT2D eigenvalue weighted by atomic mass is 9.44. The highest BCUT2D eigenvalue weighted by molar-refractivity contribution is 5.15. The summed E-state index contributed by atoms with van der Waals surface area (Å²) in [4.78, 5) is 0. The lowest BCUT2D eigenvalue weighted by Gasteiger charge is -2.61. The van der Waals surface area contributed by atoms with E-state index in [0.717, 1.165) is 51.6 Å². The highest BCUT2D eigenvalue weighted by atomic mass is 16.8. The fourth-order valence-corrected chi connectivity index (χ4v) is 15.9. The second kappa shape index (κ2) is 21.1. The Hall–Kier alpha value is -0.880. The van der Waals surface area contributed by atoms with Gasteiger partial charge < -0.3 is 109 Å². The van der Waals surface area contributed by atoms with E-state index in [1.165, 1.54) is 12.8 Å². The fraction of sp³-hybridized carbons (Fsp3) is 1.00. The van der Waals surface area contributed by atoms with Crippen molar-refractivity contribution >= 4 is 0 Å². The van der Waals surface area contributed by atoms with Crippen LogP contribution in [0.2, 0.25) is 0 Å². The highest BCUT2D eigenvalue weighted by Crippen LogP contribution is 2.71. The highest BCUT2D eigenvalue weighted by Gasteiger charge is 2.69. The average molecular weight is 1040 g/mol. The molecule has 0 bridgehead atoms. The summed E-state index contributed by atoms with van der Waals surface area (Å²) in [7, 11) is 0. The number of fused-ring (bicyclic) bond motifs is 7. The maximum Gasteiger partial charge on any atom is 0.187 e. The summed E-state index contributed by atoms with van der Waals surface area (Å²) in [6.07, 6.45) is -22.4. The van der Waals surface area contributed by atoms with Gasteiger partial charge in [0.2, 0.25) is 0 Å². The minimum atomic E-state index is -2.00. The number of aliphatic hydroxyl groups is 12. The number of rotatable bonds is 11. The monoisotopic (exact) mass is 1030 g/mol. The van der Waals surface area contributed by atoms with Gasteiger partial charge in [-0.2, -0.15) is 0 Å². The van der Waals surface area contributed by atoms with Crippen LogP contribution in [0, 0.1) is 52.3 Å². The van der Waals surface area contributed by atoms with Crippen molar-refractivity contribution in [3.8, 4) is 0 Å². The molecule has 31 atom stereocenters. The molecule has 0 aromatic rings. The third-order valence-corrected chi connectivity index (χ3v) is 20.0. The predicted molar refractivity (Wildman–Crippen MR) is 242 cm³/mol. The van der Waals surface area contributed by atoms with E-state index in [4.69, 9.17) is 47.4 Å². The maximum absolute atomic E-state index is 11.7. The standard InChI is InChI=1S/C50H82O22/c1-20-7-12-50(64-18-20)21(2)32-28(72-50)14-26-24-6-5-22-13-23(8-10-48(22,3)25(24)9-11-49(26,32)4)65-45-39(61)37(59)41(31(17-53)68-45)69-47-43(36(58)34(56)29(15-51)67-47)71-46-40(62)42(35(57)30(16-52)66-46)70-44-38(60)33(55)27(54)19-63-44/h20-47,51-62H,5-19H2,1-4H3/t20-,21+,22+,23+,24-,25+,26+,27-,28+,29-,30-,31-,32+,33+,34-,35-,36+,37-,38-,39-,40-,41+,42+,43-,44+,45-,46+,47+,48+,49+,50-/m1/s1. The van der Waals surface area contributed by atoms with Gasteiger partial charge in [-0.15, -0.1) is 0 Å². The number of aliphatic hydroxyl groups excluding tert-OH is 12. The van der Waals surface area contributed by atoms with Crippen molar-refractivity contribution in [3.63, 3.8) is 0 Å². The van der Waals surface area contributed by atoms with E-state index in [9.17, 15) is 61.3 Å². The number of hydrogen-bond donors (Lipinski definition) is 12. The zero-order valence-corrected chi connectivity index (χ0v) is 41.7. The van der Waals surface area contributed by atoms with Gasteiger partial charge >= 0.3 is 0 Å². The van der Waals surface area contributed by atoms with Gasteiger partial charge in [0.1, 0.15) is 91.6 Å². The molecule has 12 N–H and O–H groups in total. The molecule has 0 radical (unpaired) electrons. The minimum Gasteiger partial charge on any atom is -0.394 e. The van der Waals surface area contributed by atoms with Crippen LogP contribution in [0.3, 0.4) is 0 Å². The van der Waals surface area contributed by atoms with Crippen LogP contribution >= 0.6 is 0 Å². The zero-order valence-electron chi connectivity index (χ0n) is 41.7. The van der Waals surface area contributed by atoms with Gasteiger partial charge in [-0.1, -0.05) is 27.7 Å². The van der Waals surface area contributed by atoms with E-state index < -0.39 is 149 Å². The first-order valence-corrected chi connectivity index (χ1v) is 26.7. The Morgan fingerprint density at radius 2 is 1.14 bits per heavy atom. The average Bonchev–Trinajstić information content (AvgIpc) is 3.81. The van der Waals surface area contributed by atoms with Gasteiger partial charge in [0.25, 0.3) is 0 Å². The van der Waals surface area contributed by atoms with E-state index >= 15 is 0 Å². The second-order valence-electron chi connectivity index (χ2n) is 23.9. The van der Waals surface area contributed by atoms with Crippen LogP contribution in [0.1, 0.15) is 91.9 Å². The van der Waals surface area contributed by atoms with Crippen LogP contribution in [0.25, 0.3) is 0 Å². The molecule has 4 saturated carbocycles. The van der Waals surface area contributed by atoms with Crippen molar-refractivity contribution < 1.29 is 109 Å². The first-order chi connectivity index (χ1) is 34.3. The molecule has 0 aromatic carbocycles. The van der Waals surface area contributed by atoms with Crippen molar-refractivity contribution in [1.82, 2.24) is 0 Å². The second-order valence-corrected chi connectivity index (χ2v) is 23.9. The molecular formula is C50H82O22. The topological polar surface area (TPSA) is 335 Å². The Morgan fingerprint density at radius 1 is 0.514 bits per heavy atom. The molecule has 0 amide bonds. The number of ether oxygens (including phenoxy) is 10. The molecule has 10 rings (SSSR count). The SMILES string of the molecule is C[C@@H]1CC[C@@]2(OC1)O[C@H]1C[C@H]3[C@@H]4CC[C@H]5C[C@@H](O[C@@H]6O[C@H](CO)[C@H](O[C@@H]7O[C@H](CO)[C@@H](O)[C@H](O)[C@H]7O[C@@H]7O[C@H](CO)[C@@H](O)[C@H](O[C@@H]8OC[C@@H](O)[C@H](O)[C@H]8O)[C@H]7O)[C@H](O)[C@H]6O)CC[C@]5(C)[C@H]4CC[C@]3(C)[C@H]1[C@@H]2C. The molecule has 6 heterocycles. The van der Waals surface area contributed by atoms with Crippen LogP contribution in [0.4, 0.5) is 0 Å². The summed E-state index contributed by atoms with van der Waals surface area (Å²) in [5, 5.41) is 129. The van der Waals surface area contributed by atoms with Gasteiger partial charge in [0, 0.05) is 12.3 Å². The van der Waals surface area contributed by atoms with Crippen LogP contribution in [0.15, 0.2) is 0 Å². The molecule has 10 fully saturated rings. The molecule has 0 aromatic heterocycles. The van der Waals surface area contributed by atoms with Gasteiger partial charge in [0.05, 0.1) is 45.2 Å². The molecule has 22 nitrogen and oxygen atoms in total. The van der Waals surface area contributed by atoms with Crippen molar-refractivity contribution in [1.29, 1.82) is 0 Å². The largest absolute Gasteiger partial charge is 0.394 e. The first-order valence-electron chi connectivity index (χ1n) is 26.7. The smallest absolute Gasteiger partial charge is 0.187 e. The van der Waals surface area contributed by atoms with E-state index in [1.807, 2.05) is 0 Å². The Morgan fingerprint density at radius 3 is 1.85 bits per heavy atom. The molecule has 22 heteroatoms. The summed E-state index contributed by atoms with van der Waals surface area (Å²) < 4.78 is 60.6. The van der Waals surface area contributed by atoms with Crippen LogP contribution in [-0.2, 0) is 47.4 Å². The Labute approximate surface area is 419 Å². The fourth-order valence-electron chi connectivity index (χ4n) is 15.9. The van der Waals surface area contributed by atoms with Gasteiger partial charge in [0.15, 0.2) is 30.9 Å². The molecule has 4 aliphatic carbocycles. The summed E-state index contributed by atoms with van der Waals surface area (Å²) in [6, 6.07) is 0. The molecule has 6 saturated heterocycles. The van der Waals surface area contributed by atoms with Crippen molar-refractivity contribution in [3.05, 3.63) is 0 Å². The van der Waals surface area contributed by atoms with Gasteiger partial charge in [-0.3, -0.25) is 0 Å². The molecule has 414 valence electrons. The zero-order chi connectivity index (χ0) is 51.3. The predicted octanol–water partition coefficient (Wildman–Crippen LogP) is -2.27. The summed E-state index contributed by atoms with van der Waals surface area (Å²) in [6.45, 7) is 7.51. The van der Waals surface area contributed by atoms with Crippen molar-refractivity contribution in [2.45, 2.75) is 227 Å². The Kier molecular flexibility index (Phi) is 15.9. The maximum atomic E-state index is 11.7. The molecular weight excluding hydrogens is 953 g/mol. The van der Waals surface area contributed by atoms with E-state index in [1.54, 1.807) is 0 Å². The molecule has 72 heavy (non-hydrogen) atoms. The van der Waals surface area contributed by atoms with Crippen LogP contribution in [0.5, 0.6) is 0 Å².